The van der Waals surface area contributed by atoms with Crippen molar-refractivity contribution in [2.75, 3.05) is 12.4 Å². The third-order valence-electron chi connectivity index (χ3n) is 4.83. The number of amides is 1. The molecular weight excluding hydrogens is 412 g/mol. The number of ether oxygens (including phenoxy) is 1. The van der Waals surface area contributed by atoms with Gasteiger partial charge in [0.1, 0.15) is 5.75 Å². The molecule has 1 aromatic heterocycles. The Kier molecular flexibility index (Phi) is 5.73. The van der Waals surface area contributed by atoms with E-state index < -0.39 is 5.91 Å². The van der Waals surface area contributed by atoms with Crippen molar-refractivity contribution in [2.45, 2.75) is 13.8 Å². The fourth-order valence-corrected chi connectivity index (χ4v) is 3.32. The second-order valence-electron chi connectivity index (χ2n) is 7.15. The van der Waals surface area contributed by atoms with Gasteiger partial charge in [-0.3, -0.25) is 4.79 Å². The van der Waals surface area contributed by atoms with E-state index in [9.17, 15) is 4.79 Å². The lowest BCUT2D eigenvalue weighted by Gasteiger charge is -2.10. The molecule has 4 aromatic rings. The monoisotopic (exact) mass is 432 g/mol. The maximum Gasteiger partial charge on any atom is 0.295 e. The summed E-state index contributed by atoms with van der Waals surface area (Å²) in [6.45, 7) is 4.01. The van der Waals surface area contributed by atoms with Crippen molar-refractivity contribution in [3.8, 4) is 22.8 Å². The van der Waals surface area contributed by atoms with Gasteiger partial charge in [-0.15, -0.1) is 5.10 Å². The van der Waals surface area contributed by atoms with E-state index in [1.54, 1.807) is 42.1 Å². The SMILES string of the molecule is COc1cccc(NC(=O)c2nc(-c3ccc(Cl)cc3)n(-c3cc(C)ccc3C)n2)c1. The molecule has 0 spiro atoms. The summed E-state index contributed by atoms with van der Waals surface area (Å²) in [7, 11) is 1.58. The Morgan fingerprint density at radius 3 is 2.55 bits per heavy atom. The average Bonchev–Trinajstić information content (AvgIpc) is 3.21. The van der Waals surface area contributed by atoms with Crippen LogP contribution in [0, 0.1) is 13.8 Å². The number of hydrogen-bond acceptors (Lipinski definition) is 4. The van der Waals surface area contributed by atoms with Crippen LogP contribution in [0.1, 0.15) is 21.7 Å². The highest BCUT2D eigenvalue weighted by Gasteiger charge is 2.20. The number of nitrogens with zero attached hydrogens (tertiary/aromatic N) is 3. The molecule has 7 heteroatoms. The third kappa shape index (κ3) is 4.44. The zero-order chi connectivity index (χ0) is 22.0. The average molecular weight is 433 g/mol. The number of halogens is 1. The maximum atomic E-state index is 12.9. The standard InChI is InChI=1S/C24H21ClN4O2/c1-15-7-8-16(2)21(13-15)29-23(17-9-11-18(25)12-10-17)27-22(28-29)24(30)26-19-5-4-6-20(14-19)31-3/h4-14H,1-3H3,(H,26,30). The molecule has 1 N–H and O–H groups in total. The molecular formula is C24H21ClN4O2. The molecule has 1 amide bonds. The molecule has 0 atom stereocenters. The highest BCUT2D eigenvalue weighted by molar-refractivity contribution is 6.30. The lowest BCUT2D eigenvalue weighted by Crippen LogP contribution is -2.14. The molecule has 0 radical (unpaired) electrons. The molecule has 6 nitrogen and oxygen atoms in total. The Morgan fingerprint density at radius 1 is 1.03 bits per heavy atom. The molecule has 1 heterocycles. The molecule has 0 saturated heterocycles. The van der Waals surface area contributed by atoms with Crippen LogP contribution < -0.4 is 10.1 Å². The zero-order valence-electron chi connectivity index (χ0n) is 17.4. The number of carbonyl (C=O) groups is 1. The fourth-order valence-electron chi connectivity index (χ4n) is 3.20. The van der Waals surface area contributed by atoms with Gasteiger partial charge in [0.25, 0.3) is 5.91 Å². The van der Waals surface area contributed by atoms with E-state index in [1.807, 2.05) is 50.2 Å². The van der Waals surface area contributed by atoms with Gasteiger partial charge >= 0.3 is 0 Å². The van der Waals surface area contributed by atoms with Gasteiger partial charge in [-0.2, -0.15) is 0 Å². The Hall–Kier alpha value is -3.64. The van der Waals surface area contributed by atoms with Gasteiger partial charge in [-0.1, -0.05) is 29.8 Å². The first-order valence-electron chi connectivity index (χ1n) is 9.70. The summed E-state index contributed by atoms with van der Waals surface area (Å²) < 4.78 is 6.92. The molecule has 3 aromatic carbocycles. The van der Waals surface area contributed by atoms with Crippen LogP contribution in [-0.2, 0) is 0 Å². The van der Waals surface area contributed by atoms with Gasteiger partial charge in [0.2, 0.25) is 5.82 Å². The van der Waals surface area contributed by atoms with E-state index >= 15 is 0 Å². The number of hydrogen-bond donors (Lipinski definition) is 1. The third-order valence-corrected chi connectivity index (χ3v) is 5.09. The first-order valence-corrected chi connectivity index (χ1v) is 10.1. The van der Waals surface area contributed by atoms with Crippen molar-refractivity contribution in [1.29, 1.82) is 0 Å². The summed E-state index contributed by atoms with van der Waals surface area (Å²) in [6, 6.07) is 20.5. The predicted molar refractivity (Wildman–Crippen MR) is 122 cm³/mol. The minimum absolute atomic E-state index is 0.0636. The topological polar surface area (TPSA) is 69.0 Å². The molecule has 0 saturated carbocycles. The summed E-state index contributed by atoms with van der Waals surface area (Å²) in [4.78, 5) is 17.5. The van der Waals surface area contributed by atoms with Crippen LogP contribution in [0.2, 0.25) is 5.02 Å². The van der Waals surface area contributed by atoms with Gasteiger partial charge in [-0.25, -0.2) is 9.67 Å². The van der Waals surface area contributed by atoms with Crippen molar-refractivity contribution in [2.24, 2.45) is 0 Å². The summed E-state index contributed by atoms with van der Waals surface area (Å²) in [5.41, 5.74) is 4.36. The van der Waals surface area contributed by atoms with Crippen LogP contribution >= 0.6 is 11.6 Å². The second kappa shape index (κ2) is 8.62. The molecule has 156 valence electrons. The molecule has 0 bridgehead atoms. The number of aromatic nitrogens is 3. The Labute approximate surface area is 185 Å². The van der Waals surface area contributed by atoms with Crippen LogP contribution in [-0.4, -0.2) is 27.8 Å². The molecule has 0 unspecified atom stereocenters. The highest BCUT2D eigenvalue weighted by Crippen LogP contribution is 2.26. The first kappa shape index (κ1) is 20.6. The van der Waals surface area contributed by atoms with Crippen LogP contribution in [0.3, 0.4) is 0 Å². The van der Waals surface area contributed by atoms with Crippen LogP contribution in [0.4, 0.5) is 5.69 Å². The zero-order valence-corrected chi connectivity index (χ0v) is 18.1. The van der Waals surface area contributed by atoms with Crippen molar-refractivity contribution in [3.63, 3.8) is 0 Å². The van der Waals surface area contributed by atoms with Crippen LogP contribution in [0.15, 0.2) is 66.7 Å². The largest absolute Gasteiger partial charge is 0.497 e. The Bertz CT molecular complexity index is 1250. The summed E-state index contributed by atoms with van der Waals surface area (Å²) in [5, 5.41) is 8.01. The van der Waals surface area contributed by atoms with E-state index in [4.69, 9.17) is 16.3 Å². The van der Waals surface area contributed by atoms with E-state index in [2.05, 4.69) is 15.4 Å². The van der Waals surface area contributed by atoms with E-state index in [1.165, 1.54) is 0 Å². The molecule has 4 rings (SSSR count). The van der Waals surface area contributed by atoms with Crippen molar-refractivity contribution in [1.82, 2.24) is 14.8 Å². The number of aryl methyl sites for hydroxylation is 2. The van der Waals surface area contributed by atoms with Gasteiger partial charge in [-0.05, 0) is 67.4 Å². The van der Waals surface area contributed by atoms with Crippen molar-refractivity contribution in [3.05, 3.63) is 88.7 Å². The minimum atomic E-state index is -0.410. The maximum absolute atomic E-state index is 12.9. The number of carbonyl (C=O) groups excluding carboxylic acids is 1. The summed E-state index contributed by atoms with van der Waals surface area (Å²) >= 11 is 6.06. The molecule has 0 aliphatic carbocycles. The highest BCUT2D eigenvalue weighted by atomic mass is 35.5. The first-order chi connectivity index (χ1) is 14.9. The number of nitrogens with one attached hydrogen (secondary N) is 1. The lowest BCUT2D eigenvalue weighted by atomic mass is 10.1. The Balaban J connectivity index is 1.78. The molecule has 0 aliphatic rings. The lowest BCUT2D eigenvalue weighted by molar-refractivity contribution is 0.101. The van der Waals surface area contributed by atoms with Gasteiger partial charge in [0.15, 0.2) is 5.82 Å². The smallest absolute Gasteiger partial charge is 0.295 e. The van der Waals surface area contributed by atoms with E-state index in [0.717, 1.165) is 22.4 Å². The quantitative estimate of drug-likeness (QED) is 0.454. The van der Waals surface area contributed by atoms with Crippen LogP contribution in [0.25, 0.3) is 17.1 Å². The second-order valence-corrected chi connectivity index (χ2v) is 7.59. The summed E-state index contributed by atoms with van der Waals surface area (Å²) in [5.74, 6) is 0.857. The van der Waals surface area contributed by atoms with Gasteiger partial charge in [0.05, 0.1) is 12.8 Å². The molecule has 0 fully saturated rings. The predicted octanol–water partition coefficient (Wildman–Crippen LogP) is 5.47. The van der Waals surface area contributed by atoms with Crippen molar-refractivity contribution >= 4 is 23.2 Å². The number of rotatable bonds is 5. The van der Waals surface area contributed by atoms with Gasteiger partial charge in [0, 0.05) is 22.3 Å². The minimum Gasteiger partial charge on any atom is -0.497 e. The Morgan fingerprint density at radius 2 is 1.81 bits per heavy atom. The van der Waals surface area contributed by atoms with E-state index in [-0.39, 0.29) is 5.82 Å². The van der Waals surface area contributed by atoms with Crippen LogP contribution in [0.5, 0.6) is 5.75 Å². The molecule has 31 heavy (non-hydrogen) atoms. The van der Waals surface area contributed by atoms with Crippen molar-refractivity contribution < 1.29 is 9.53 Å². The van der Waals surface area contributed by atoms with Gasteiger partial charge < -0.3 is 10.1 Å². The number of anilines is 1. The van der Waals surface area contributed by atoms with E-state index in [0.29, 0.717) is 22.3 Å². The number of methoxy groups -OCH3 is 1. The normalized spacial score (nSPS) is 10.7. The molecule has 0 aliphatic heterocycles. The fraction of sp³-hybridized carbons (Fsp3) is 0.125. The number of benzene rings is 3. The summed E-state index contributed by atoms with van der Waals surface area (Å²) in [6.07, 6.45) is 0.